The fourth-order valence-corrected chi connectivity index (χ4v) is 2.69. The minimum Gasteiger partial charge on any atom is -0.332 e. The third-order valence-electron chi connectivity index (χ3n) is 3.45. The van der Waals surface area contributed by atoms with Gasteiger partial charge in [0.2, 0.25) is 0 Å². The number of likely N-dealkylation sites (N-methyl/N-ethyl adjacent to an activating group) is 1. The van der Waals surface area contributed by atoms with Crippen molar-refractivity contribution in [3.05, 3.63) is 34.6 Å². The van der Waals surface area contributed by atoms with Gasteiger partial charge in [-0.1, -0.05) is 17.7 Å². The molecule has 0 bridgehead atoms. The molecule has 0 spiro atoms. The molecule has 0 aromatic heterocycles. The van der Waals surface area contributed by atoms with E-state index >= 15 is 0 Å². The third kappa shape index (κ3) is 3.20. The van der Waals surface area contributed by atoms with Crippen molar-refractivity contribution in [1.82, 2.24) is 15.7 Å². The third-order valence-corrected chi connectivity index (χ3v) is 3.75. The Kier molecular flexibility index (Phi) is 4.80. The molecule has 20 heavy (non-hydrogen) atoms. The van der Waals surface area contributed by atoms with Crippen LogP contribution in [0, 0.1) is 5.82 Å². The van der Waals surface area contributed by atoms with Crippen LogP contribution in [0.25, 0.3) is 0 Å². The number of nitrogens with zero attached hydrogens (tertiary/aromatic N) is 1. The molecular formula is C13H17ClFN3O2. The number of nitrogens with one attached hydrogen (secondary N) is 2. The minimum absolute atomic E-state index is 0.0932. The van der Waals surface area contributed by atoms with Crippen LogP contribution in [0.2, 0.25) is 5.02 Å². The molecule has 0 radical (unpaired) electrons. The minimum atomic E-state index is -0.454. The molecule has 1 saturated heterocycles. The average Bonchev–Trinajstić information content (AvgIpc) is 2.74. The Morgan fingerprint density at radius 1 is 1.55 bits per heavy atom. The molecule has 0 aliphatic carbocycles. The Hall–Kier alpha value is -1.37. The van der Waals surface area contributed by atoms with Gasteiger partial charge >= 0.3 is 6.03 Å². The van der Waals surface area contributed by atoms with Crippen molar-refractivity contribution < 1.29 is 14.0 Å². The van der Waals surface area contributed by atoms with Gasteiger partial charge in [0.15, 0.2) is 0 Å². The monoisotopic (exact) mass is 301 g/mol. The van der Waals surface area contributed by atoms with Crippen LogP contribution in [0.4, 0.5) is 9.18 Å². The molecule has 1 fully saturated rings. The summed E-state index contributed by atoms with van der Waals surface area (Å²) < 4.78 is 13.6. The van der Waals surface area contributed by atoms with Crippen molar-refractivity contribution in [2.45, 2.75) is 18.5 Å². The molecule has 2 amide bonds. The lowest BCUT2D eigenvalue weighted by atomic mass is 10.0. The molecule has 1 aromatic carbocycles. The zero-order valence-electron chi connectivity index (χ0n) is 11.3. The first-order valence-corrected chi connectivity index (χ1v) is 6.65. The van der Waals surface area contributed by atoms with Crippen molar-refractivity contribution in [1.29, 1.82) is 0 Å². The van der Waals surface area contributed by atoms with Gasteiger partial charge in [0.25, 0.3) is 0 Å². The number of carbonyl (C=O) groups excluding carboxylic acids is 1. The summed E-state index contributed by atoms with van der Waals surface area (Å²) in [5, 5.41) is 2.91. The molecule has 110 valence electrons. The molecule has 0 unspecified atom stereocenters. The van der Waals surface area contributed by atoms with Gasteiger partial charge in [-0.15, -0.1) is 0 Å². The summed E-state index contributed by atoms with van der Waals surface area (Å²) in [5.74, 6) is -0.454. The zero-order chi connectivity index (χ0) is 14.7. The lowest BCUT2D eigenvalue weighted by molar-refractivity contribution is 0.105. The van der Waals surface area contributed by atoms with Crippen LogP contribution >= 0.6 is 11.6 Å². The molecule has 7 heteroatoms. The molecule has 1 heterocycles. The number of rotatable bonds is 3. The summed E-state index contributed by atoms with van der Waals surface area (Å²) in [6.07, 6.45) is 0.780. The largest absolute Gasteiger partial charge is 0.338 e. The Labute approximate surface area is 122 Å². The quantitative estimate of drug-likeness (QED) is 0.841. The van der Waals surface area contributed by atoms with Gasteiger partial charge in [-0.2, -0.15) is 0 Å². The van der Waals surface area contributed by atoms with Crippen molar-refractivity contribution in [3.8, 4) is 0 Å². The van der Waals surface area contributed by atoms with E-state index in [2.05, 4.69) is 20.5 Å². The van der Waals surface area contributed by atoms with Crippen molar-refractivity contribution in [2.24, 2.45) is 0 Å². The molecule has 1 aromatic rings. The number of hydroxylamine groups is 1. The van der Waals surface area contributed by atoms with E-state index in [-0.39, 0.29) is 17.1 Å². The fourth-order valence-electron chi connectivity index (χ4n) is 2.57. The predicted molar refractivity (Wildman–Crippen MR) is 73.9 cm³/mol. The van der Waals surface area contributed by atoms with E-state index in [1.165, 1.54) is 19.2 Å². The second kappa shape index (κ2) is 6.39. The highest BCUT2D eigenvalue weighted by atomic mass is 35.5. The maximum Gasteiger partial charge on any atom is 0.338 e. The normalized spacial score (nSPS) is 22.8. The lowest BCUT2D eigenvalue weighted by Gasteiger charge is -2.26. The van der Waals surface area contributed by atoms with E-state index in [1.807, 2.05) is 7.05 Å². The first-order chi connectivity index (χ1) is 9.52. The Bertz CT molecular complexity index is 501. The van der Waals surface area contributed by atoms with Crippen LogP contribution in [0.5, 0.6) is 0 Å². The summed E-state index contributed by atoms with van der Waals surface area (Å²) >= 11 is 5.70. The molecule has 2 atom stereocenters. The smallest absolute Gasteiger partial charge is 0.332 e. The first-order valence-electron chi connectivity index (χ1n) is 6.27. The number of benzene rings is 1. The van der Waals surface area contributed by atoms with E-state index in [1.54, 1.807) is 6.07 Å². The summed E-state index contributed by atoms with van der Waals surface area (Å²) in [6, 6.07) is 4.11. The maximum absolute atomic E-state index is 13.6. The fraction of sp³-hybridized carbons (Fsp3) is 0.462. The first kappa shape index (κ1) is 15.0. The molecule has 1 aliphatic heterocycles. The highest BCUT2D eigenvalue weighted by molar-refractivity contribution is 6.30. The second-order valence-corrected chi connectivity index (χ2v) is 5.18. The number of halogens is 2. The van der Waals surface area contributed by atoms with E-state index in [0.29, 0.717) is 0 Å². The van der Waals surface area contributed by atoms with Gasteiger partial charge in [0.05, 0.1) is 24.2 Å². The Morgan fingerprint density at radius 3 is 2.95 bits per heavy atom. The van der Waals surface area contributed by atoms with Gasteiger partial charge in [0.1, 0.15) is 5.82 Å². The Morgan fingerprint density at radius 2 is 2.30 bits per heavy atom. The summed E-state index contributed by atoms with van der Waals surface area (Å²) in [6.45, 7) is 0.812. The number of likely N-dealkylation sites (tertiary alicyclic amines) is 1. The number of hydrogen-bond donors (Lipinski definition) is 2. The topological polar surface area (TPSA) is 53.6 Å². The summed E-state index contributed by atoms with van der Waals surface area (Å²) in [5.41, 5.74) is 3.00. The molecule has 0 saturated carbocycles. The number of urea groups is 1. The van der Waals surface area contributed by atoms with Gasteiger partial charge in [-0.05, 0) is 31.2 Å². The predicted octanol–water partition coefficient (Wildman–Crippen LogP) is 2.08. The summed E-state index contributed by atoms with van der Waals surface area (Å²) in [7, 11) is 3.31. The molecule has 1 aliphatic rings. The zero-order valence-corrected chi connectivity index (χ0v) is 12.1. The van der Waals surface area contributed by atoms with Crippen LogP contribution < -0.4 is 10.8 Å². The van der Waals surface area contributed by atoms with Crippen LogP contribution in [-0.2, 0) is 4.84 Å². The second-order valence-electron chi connectivity index (χ2n) is 4.77. The van der Waals surface area contributed by atoms with Gasteiger partial charge in [0, 0.05) is 6.54 Å². The molecule has 2 rings (SSSR count). The average molecular weight is 302 g/mol. The number of hydrogen-bond acceptors (Lipinski definition) is 3. The highest BCUT2D eigenvalue weighted by Crippen LogP contribution is 2.32. The van der Waals surface area contributed by atoms with Crippen molar-refractivity contribution in [2.75, 3.05) is 20.7 Å². The van der Waals surface area contributed by atoms with Gasteiger partial charge in [-0.25, -0.2) is 14.7 Å². The molecular weight excluding hydrogens is 285 g/mol. The van der Waals surface area contributed by atoms with Crippen molar-refractivity contribution >= 4 is 17.6 Å². The lowest BCUT2D eigenvalue weighted by Crippen LogP contribution is -2.44. The van der Waals surface area contributed by atoms with E-state index in [0.717, 1.165) is 18.5 Å². The number of carbonyl (C=O) groups is 1. The highest BCUT2D eigenvalue weighted by Gasteiger charge is 2.34. The summed E-state index contributed by atoms with van der Waals surface area (Å²) in [4.78, 5) is 18.2. The standard InChI is InChI=1S/C13H17ClFN3O2/c1-18-6-5-11(16-13(19)17-20-2)12(18)8-3-4-9(14)10(15)7-8/h3-4,7,11-12H,5-6H2,1-2H3,(H2,16,17,19)/t11-,12-/m0/s1. The van der Waals surface area contributed by atoms with Gasteiger partial charge in [-0.3, -0.25) is 9.74 Å². The van der Waals surface area contributed by atoms with Crippen LogP contribution in [-0.4, -0.2) is 37.7 Å². The molecule has 5 nitrogen and oxygen atoms in total. The maximum atomic E-state index is 13.6. The van der Waals surface area contributed by atoms with Crippen LogP contribution in [0.1, 0.15) is 18.0 Å². The van der Waals surface area contributed by atoms with E-state index < -0.39 is 11.8 Å². The molecule has 2 N–H and O–H groups in total. The van der Waals surface area contributed by atoms with Crippen molar-refractivity contribution in [3.63, 3.8) is 0 Å². The SMILES string of the molecule is CONC(=O)N[C@H]1CCN(C)[C@H]1c1ccc(Cl)c(F)c1. The Balaban J connectivity index is 2.17. The van der Waals surface area contributed by atoms with Crippen LogP contribution in [0.3, 0.4) is 0 Å². The van der Waals surface area contributed by atoms with E-state index in [9.17, 15) is 9.18 Å². The van der Waals surface area contributed by atoms with Crippen LogP contribution in [0.15, 0.2) is 18.2 Å². The van der Waals surface area contributed by atoms with Gasteiger partial charge < -0.3 is 5.32 Å². The number of amides is 2. The van der Waals surface area contributed by atoms with E-state index in [4.69, 9.17) is 11.6 Å².